The van der Waals surface area contributed by atoms with E-state index in [0.717, 1.165) is 23.1 Å². The van der Waals surface area contributed by atoms with Crippen molar-refractivity contribution in [1.29, 1.82) is 0 Å². The maximum Gasteiger partial charge on any atom is 0.416 e. The molecule has 11 nitrogen and oxygen atoms in total. The van der Waals surface area contributed by atoms with E-state index in [-0.39, 0.29) is 45.6 Å². The van der Waals surface area contributed by atoms with Crippen molar-refractivity contribution < 1.29 is 41.8 Å². The molecule has 4 aromatic rings. The van der Waals surface area contributed by atoms with Crippen LogP contribution in [-0.4, -0.2) is 43.4 Å². The van der Waals surface area contributed by atoms with Crippen LogP contribution in [0.25, 0.3) is 0 Å². The summed E-state index contributed by atoms with van der Waals surface area (Å²) in [6.07, 6.45) is -4.79. The number of alkyl halides is 3. The molecular formula is C30H28F3N5O6S. The normalized spacial score (nSPS) is 11.8. The molecule has 4 rings (SSSR count). The monoisotopic (exact) mass is 643 g/mol. The fourth-order valence-corrected chi connectivity index (χ4v) is 5.26. The Bertz CT molecular complexity index is 1690. The molecule has 5 N–H and O–H groups in total. The summed E-state index contributed by atoms with van der Waals surface area (Å²) in [4.78, 5) is 40.8. The predicted octanol–water partition coefficient (Wildman–Crippen LogP) is 4.57. The smallest absolute Gasteiger partial charge is 0.416 e. The molecule has 0 bridgehead atoms. The van der Waals surface area contributed by atoms with Gasteiger partial charge in [0.1, 0.15) is 10.9 Å². The minimum absolute atomic E-state index is 0.0136. The molecule has 0 saturated heterocycles. The molecule has 3 amide bonds. The fourth-order valence-electron chi connectivity index (χ4n) is 4.51. The molecule has 1 heterocycles. The number of primary amides is 1. The van der Waals surface area contributed by atoms with E-state index in [2.05, 4.69) is 9.69 Å². The number of nitrogen functional groups attached to an aromatic ring is 1. The first-order valence-electron chi connectivity index (χ1n) is 13.1. The number of halogens is 3. The zero-order chi connectivity index (χ0) is 32.9. The number of anilines is 2. The molecule has 0 saturated carbocycles. The van der Waals surface area contributed by atoms with Gasteiger partial charge >= 0.3 is 6.18 Å². The second-order valence-corrected chi connectivity index (χ2v) is 10.2. The first-order valence-corrected chi connectivity index (χ1v) is 13.9. The van der Waals surface area contributed by atoms with Crippen molar-refractivity contribution in [2.45, 2.75) is 18.8 Å². The first kappa shape index (κ1) is 32.6. The molecule has 0 aliphatic heterocycles. The lowest BCUT2D eigenvalue weighted by atomic mass is 10.0. The van der Waals surface area contributed by atoms with Crippen molar-refractivity contribution in [2.24, 2.45) is 5.73 Å². The first-order chi connectivity index (χ1) is 21.4. The van der Waals surface area contributed by atoms with Crippen LogP contribution in [-0.2, 0) is 17.5 Å². The van der Waals surface area contributed by atoms with Gasteiger partial charge in [0.25, 0.3) is 11.8 Å². The number of carbonyl (C=O) groups excluding carboxylic acids is 3. The lowest BCUT2D eigenvalue weighted by molar-refractivity contribution is -0.137. The van der Waals surface area contributed by atoms with E-state index >= 15 is 0 Å². The van der Waals surface area contributed by atoms with Gasteiger partial charge in [-0.15, -0.1) is 0 Å². The van der Waals surface area contributed by atoms with Gasteiger partial charge in [0, 0.05) is 12.2 Å². The second-order valence-electron chi connectivity index (χ2n) is 9.43. The summed E-state index contributed by atoms with van der Waals surface area (Å²) in [6, 6.07) is 13.9. The van der Waals surface area contributed by atoms with Crippen molar-refractivity contribution >= 4 is 40.6 Å². The summed E-state index contributed by atoms with van der Waals surface area (Å²) in [5.41, 5.74) is 10.0. The zero-order valence-electron chi connectivity index (χ0n) is 24.2. The predicted molar refractivity (Wildman–Crippen MR) is 160 cm³/mol. The van der Waals surface area contributed by atoms with Crippen LogP contribution in [0.2, 0.25) is 0 Å². The van der Waals surface area contributed by atoms with Crippen molar-refractivity contribution in [3.05, 3.63) is 94.0 Å². The molecule has 0 aliphatic carbocycles. The highest BCUT2D eigenvalue weighted by Crippen LogP contribution is 2.43. The SMILES string of the molecule is COc1cc([C@@H](C(=O)NCc2ccccc2)N(C(=O)c2snc(C(N)=O)c2N)c2cccc(C(F)(F)F)c2)cc(OC)c1OC. The summed E-state index contributed by atoms with van der Waals surface area (Å²) in [5.74, 6) is -2.44. The number of carbonyl (C=O) groups is 3. The molecule has 3 aromatic carbocycles. The minimum atomic E-state index is -4.79. The molecule has 15 heteroatoms. The number of hydrogen-bond acceptors (Lipinski definition) is 9. The number of hydrogen-bond donors (Lipinski definition) is 3. The van der Waals surface area contributed by atoms with Gasteiger partial charge in [-0.1, -0.05) is 36.4 Å². The van der Waals surface area contributed by atoms with Crippen molar-refractivity contribution in [3.8, 4) is 17.2 Å². The number of nitrogens with zero attached hydrogens (tertiary/aromatic N) is 2. The van der Waals surface area contributed by atoms with Crippen molar-refractivity contribution in [1.82, 2.24) is 9.69 Å². The zero-order valence-corrected chi connectivity index (χ0v) is 25.0. The summed E-state index contributed by atoms with van der Waals surface area (Å²) in [6.45, 7) is 0.0136. The molecule has 0 fully saturated rings. The summed E-state index contributed by atoms with van der Waals surface area (Å²) in [7, 11) is 4.04. The quantitative estimate of drug-likeness (QED) is 0.214. The van der Waals surface area contributed by atoms with Crippen molar-refractivity contribution in [2.75, 3.05) is 32.0 Å². The number of nitrogens with two attached hydrogens (primary N) is 2. The van der Waals surface area contributed by atoms with Crippen LogP contribution >= 0.6 is 11.5 Å². The van der Waals surface area contributed by atoms with E-state index in [0.29, 0.717) is 17.1 Å². The standard InChI is InChI=1S/C30H28F3N5O6S/c1-42-20-12-17(13-21(43-2)25(20)44-3)24(28(40)36-15-16-8-5-4-6-9-16)38(19-11-7-10-18(14-19)30(31,32)33)29(41)26-22(34)23(27(35)39)37-45-26/h4-14,24H,15,34H2,1-3H3,(H2,35,39)(H,36,40)/t24-/m0/s1. The Balaban J connectivity index is 1.98. The third kappa shape index (κ3) is 6.93. The van der Waals surface area contributed by atoms with Gasteiger partial charge in [0.15, 0.2) is 17.2 Å². The Kier molecular flexibility index (Phi) is 9.82. The van der Waals surface area contributed by atoms with Gasteiger partial charge in [-0.05, 0) is 53.0 Å². The average molecular weight is 644 g/mol. The van der Waals surface area contributed by atoms with Crippen LogP contribution in [0.3, 0.4) is 0 Å². The number of nitrogens with one attached hydrogen (secondary N) is 1. The molecule has 0 radical (unpaired) electrons. The second kappa shape index (κ2) is 13.5. The summed E-state index contributed by atoms with van der Waals surface area (Å²) in [5, 5.41) is 2.76. The number of ether oxygens (including phenoxy) is 3. The van der Waals surface area contributed by atoms with Crippen molar-refractivity contribution in [3.63, 3.8) is 0 Å². The van der Waals surface area contributed by atoms with E-state index in [1.165, 1.54) is 39.5 Å². The molecule has 236 valence electrons. The number of rotatable bonds is 11. The third-order valence-electron chi connectivity index (χ3n) is 6.64. The third-order valence-corrected chi connectivity index (χ3v) is 7.50. The van der Waals surface area contributed by atoms with Gasteiger partial charge in [0.2, 0.25) is 11.7 Å². The highest BCUT2D eigenvalue weighted by molar-refractivity contribution is 7.09. The van der Waals surface area contributed by atoms with Gasteiger partial charge < -0.3 is 31.0 Å². The minimum Gasteiger partial charge on any atom is -0.493 e. The molecule has 1 aromatic heterocycles. The van der Waals surface area contributed by atoms with Crippen LogP contribution in [0, 0.1) is 0 Å². The maximum absolute atomic E-state index is 14.3. The topological polar surface area (TPSA) is 159 Å². The fraction of sp³-hybridized carbons (Fsp3) is 0.200. The summed E-state index contributed by atoms with van der Waals surface area (Å²) < 4.78 is 61.8. The van der Waals surface area contributed by atoms with E-state index in [1.807, 2.05) is 0 Å². The van der Waals surface area contributed by atoms with Crippen LogP contribution < -0.4 is 35.9 Å². The molecule has 0 unspecified atom stereocenters. The summed E-state index contributed by atoms with van der Waals surface area (Å²) >= 11 is 0.511. The lowest BCUT2D eigenvalue weighted by Crippen LogP contribution is -2.44. The molecule has 45 heavy (non-hydrogen) atoms. The van der Waals surface area contributed by atoms with E-state index in [9.17, 15) is 27.6 Å². The van der Waals surface area contributed by atoms with E-state index in [4.69, 9.17) is 25.7 Å². The maximum atomic E-state index is 14.3. The molecule has 0 aliphatic rings. The Morgan fingerprint density at radius 2 is 1.60 bits per heavy atom. The Hall–Kier alpha value is -5.31. The van der Waals surface area contributed by atoms with E-state index < -0.39 is 41.2 Å². The van der Waals surface area contributed by atoms with Gasteiger partial charge in [-0.2, -0.15) is 17.5 Å². The number of aromatic nitrogens is 1. The van der Waals surface area contributed by atoms with Gasteiger partial charge in [0.05, 0.1) is 32.6 Å². The Labute approximate surface area is 259 Å². The van der Waals surface area contributed by atoms with Crippen LogP contribution in [0.15, 0.2) is 66.7 Å². The number of methoxy groups -OCH3 is 3. The molecule has 0 spiro atoms. The highest BCUT2D eigenvalue weighted by atomic mass is 32.1. The van der Waals surface area contributed by atoms with E-state index in [1.54, 1.807) is 30.3 Å². The average Bonchev–Trinajstić information content (AvgIpc) is 3.42. The van der Waals surface area contributed by atoms with Gasteiger partial charge in [-0.3, -0.25) is 19.3 Å². The Morgan fingerprint density at radius 3 is 2.13 bits per heavy atom. The van der Waals surface area contributed by atoms with Crippen LogP contribution in [0.1, 0.15) is 42.9 Å². The highest BCUT2D eigenvalue weighted by Gasteiger charge is 2.39. The van der Waals surface area contributed by atoms with Crippen LogP contribution in [0.5, 0.6) is 17.2 Å². The Morgan fingerprint density at radius 1 is 0.956 bits per heavy atom. The van der Waals surface area contributed by atoms with Gasteiger partial charge in [-0.25, -0.2) is 0 Å². The largest absolute Gasteiger partial charge is 0.493 e. The number of amides is 3. The molecular weight excluding hydrogens is 615 g/mol. The number of benzene rings is 3. The molecule has 1 atom stereocenters. The lowest BCUT2D eigenvalue weighted by Gasteiger charge is -2.32. The van der Waals surface area contributed by atoms with Crippen LogP contribution in [0.4, 0.5) is 24.5 Å².